The molecule has 21 heavy (non-hydrogen) atoms. The molecule has 0 aliphatic carbocycles. The molecule has 0 unspecified atom stereocenters. The summed E-state index contributed by atoms with van der Waals surface area (Å²) in [7, 11) is 0. The molecule has 0 spiro atoms. The molecular formula is C17H15NO3. The highest BCUT2D eigenvalue weighted by molar-refractivity contribution is 5.97. The van der Waals surface area contributed by atoms with Gasteiger partial charge in [-0.3, -0.25) is 4.79 Å². The van der Waals surface area contributed by atoms with Crippen molar-refractivity contribution in [2.45, 2.75) is 6.23 Å². The minimum atomic E-state index is -0.514. The summed E-state index contributed by atoms with van der Waals surface area (Å²) >= 11 is 0. The molecule has 2 aromatic carbocycles. The van der Waals surface area contributed by atoms with Gasteiger partial charge in [0.15, 0.2) is 6.23 Å². The van der Waals surface area contributed by atoms with E-state index in [-0.39, 0.29) is 5.91 Å². The van der Waals surface area contributed by atoms with Gasteiger partial charge in [-0.25, -0.2) is 0 Å². The first-order valence-electron chi connectivity index (χ1n) is 6.68. The standard InChI is InChI=1S/C17H15NO3/c1-2-10-20-13-7-5-6-12(11-13)17-18-16(19)14-8-3-4-9-15(14)21-17/h2-9,11,17H,1,10H2,(H,18,19)/t17-/m1/s1. The molecule has 1 heterocycles. The summed E-state index contributed by atoms with van der Waals surface area (Å²) in [6.07, 6.45) is 1.17. The fraction of sp³-hybridized carbons (Fsp3) is 0.118. The molecule has 1 amide bonds. The maximum atomic E-state index is 12.1. The molecule has 0 radical (unpaired) electrons. The molecule has 1 N–H and O–H groups in total. The number of hydrogen-bond acceptors (Lipinski definition) is 3. The zero-order valence-electron chi connectivity index (χ0n) is 11.4. The molecule has 0 saturated heterocycles. The van der Waals surface area contributed by atoms with Crippen LogP contribution in [0.15, 0.2) is 61.2 Å². The summed E-state index contributed by atoms with van der Waals surface area (Å²) < 4.78 is 11.3. The number of rotatable bonds is 4. The number of benzene rings is 2. The third-order valence-corrected chi connectivity index (χ3v) is 3.17. The van der Waals surface area contributed by atoms with Crippen molar-refractivity contribution in [3.05, 3.63) is 72.3 Å². The van der Waals surface area contributed by atoms with E-state index in [0.29, 0.717) is 23.7 Å². The van der Waals surface area contributed by atoms with Crippen molar-refractivity contribution in [3.8, 4) is 11.5 Å². The van der Waals surface area contributed by atoms with Gasteiger partial charge in [0.1, 0.15) is 18.1 Å². The van der Waals surface area contributed by atoms with Gasteiger partial charge in [0.2, 0.25) is 0 Å². The van der Waals surface area contributed by atoms with E-state index < -0.39 is 6.23 Å². The Kier molecular flexibility index (Phi) is 3.60. The lowest BCUT2D eigenvalue weighted by atomic mass is 10.1. The Bertz CT molecular complexity index is 681. The molecule has 3 rings (SSSR count). The first-order valence-corrected chi connectivity index (χ1v) is 6.68. The first kappa shape index (κ1) is 13.2. The van der Waals surface area contributed by atoms with Crippen molar-refractivity contribution in [2.75, 3.05) is 6.61 Å². The summed E-state index contributed by atoms with van der Waals surface area (Å²) in [5.41, 5.74) is 1.38. The molecule has 1 atom stereocenters. The van der Waals surface area contributed by atoms with E-state index in [1.165, 1.54) is 0 Å². The summed E-state index contributed by atoms with van der Waals surface area (Å²) in [6.45, 7) is 4.05. The van der Waals surface area contributed by atoms with Crippen LogP contribution in [0.2, 0.25) is 0 Å². The van der Waals surface area contributed by atoms with Gasteiger partial charge in [-0.15, -0.1) is 0 Å². The van der Waals surface area contributed by atoms with Crippen molar-refractivity contribution in [1.82, 2.24) is 5.32 Å². The maximum Gasteiger partial charge on any atom is 0.258 e. The summed E-state index contributed by atoms with van der Waals surface area (Å²) in [6, 6.07) is 14.6. The van der Waals surface area contributed by atoms with E-state index in [0.717, 1.165) is 5.56 Å². The van der Waals surface area contributed by atoms with Crippen molar-refractivity contribution >= 4 is 5.91 Å². The van der Waals surface area contributed by atoms with Crippen LogP contribution in [0, 0.1) is 0 Å². The van der Waals surface area contributed by atoms with E-state index in [4.69, 9.17) is 9.47 Å². The average Bonchev–Trinajstić information content (AvgIpc) is 2.53. The Morgan fingerprint density at radius 1 is 1.24 bits per heavy atom. The number of carbonyl (C=O) groups is 1. The number of hydrogen-bond donors (Lipinski definition) is 1. The van der Waals surface area contributed by atoms with Crippen LogP contribution in [-0.2, 0) is 0 Å². The van der Waals surface area contributed by atoms with Crippen LogP contribution in [0.1, 0.15) is 22.1 Å². The Labute approximate surface area is 123 Å². The number of amides is 1. The number of carbonyl (C=O) groups excluding carboxylic acids is 1. The summed E-state index contributed by atoms with van der Waals surface area (Å²) in [5.74, 6) is 1.16. The summed E-state index contributed by atoms with van der Waals surface area (Å²) in [4.78, 5) is 12.1. The minimum Gasteiger partial charge on any atom is -0.490 e. The maximum absolute atomic E-state index is 12.1. The van der Waals surface area contributed by atoms with Gasteiger partial charge in [0.25, 0.3) is 5.91 Å². The molecule has 0 bridgehead atoms. The quantitative estimate of drug-likeness (QED) is 0.876. The van der Waals surface area contributed by atoms with E-state index >= 15 is 0 Å². The lowest BCUT2D eigenvalue weighted by Crippen LogP contribution is -2.36. The Hall–Kier alpha value is -2.75. The second kappa shape index (κ2) is 5.71. The van der Waals surface area contributed by atoms with Gasteiger partial charge < -0.3 is 14.8 Å². The van der Waals surface area contributed by atoms with Crippen LogP contribution in [-0.4, -0.2) is 12.5 Å². The van der Waals surface area contributed by atoms with E-state index in [1.807, 2.05) is 36.4 Å². The van der Waals surface area contributed by atoms with Crippen LogP contribution < -0.4 is 14.8 Å². The monoisotopic (exact) mass is 281 g/mol. The molecule has 0 aromatic heterocycles. The molecule has 1 aliphatic rings. The van der Waals surface area contributed by atoms with E-state index in [2.05, 4.69) is 11.9 Å². The largest absolute Gasteiger partial charge is 0.490 e. The Morgan fingerprint density at radius 2 is 2.10 bits per heavy atom. The molecule has 0 fully saturated rings. The predicted molar refractivity (Wildman–Crippen MR) is 79.4 cm³/mol. The molecule has 1 aliphatic heterocycles. The van der Waals surface area contributed by atoms with Crippen LogP contribution in [0.25, 0.3) is 0 Å². The molecule has 2 aromatic rings. The molecule has 4 heteroatoms. The SMILES string of the molecule is C=CCOc1cccc([C@@H]2NC(=O)c3ccccc3O2)c1. The zero-order chi connectivity index (χ0) is 14.7. The van der Waals surface area contributed by atoms with E-state index in [9.17, 15) is 4.79 Å². The fourth-order valence-electron chi connectivity index (χ4n) is 2.18. The highest BCUT2D eigenvalue weighted by Gasteiger charge is 2.26. The van der Waals surface area contributed by atoms with Gasteiger partial charge >= 0.3 is 0 Å². The Balaban J connectivity index is 1.85. The molecule has 0 saturated carbocycles. The number of fused-ring (bicyclic) bond motifs is 1. The topological polar surface area (TPSA) is 47.6 Å². The van der Waals surface area contributed by atoms with Crippen LogP contribution in [0.3, 0.4) is 0 Å². The second-order valence-electron chi connectivity index (χ2n) is 4.64. The van der Waals surface area contributed by atoms with Crippen molar-refractivity contribution in [1.29, 1.82) is 0 Å². The fourth-order valence-corrected chi connectivity index (χ4v) is 2.18. The molecule has 106 valence electrons. The van der Waals surface area contributed by atoms with Crippen molar-refractivity contribution in [2.24, 2.45) is 0 Å². The zero-order valence-corrected chi connectivity index (χ0v) is 11.4. The van der Waals surface area contributed by atoms with E-state index in [1.54, 1.807) is 18.2 Å². The third-order valence-electron chi connectivity index (χ3n) is 3.17. The first-order chi connectivity index (χ1) is 10.3. The van der Waals surface area contributed by atoms with Gasteiger partial charge in [0, 0.05) is 5.56 Å². The lowest BCUT2D eigenvalue weighted by Gasteiger charge is -2.27. The predicted octanol–water partition coefficient (Wildman–Crippen LogP) is 3.07. The highest BCUT2D eigenvalue weighted by atomic mass is 16.5. The number of para-hydroxylation sites is 1. The van der Waals surface area contributed by atoms with Gasteiger partial charge in [-0.1, -0.05) is 36.9 Å². The van der Waals surface area contributed by atoms with Crippen LogP contribution >= 0.6 is 0 Å². The lowest BCUT2D eigenvalue weighted by molar-refractivity contribution is 0.0755. The minimum absolute atomic E-state index is 0.140. The van der Waals surface area contributed by atoms with Crippen molar-refractivity contribution in [3.63, 3.8) is 0 Å². The van der Waals surface area contributed by atoms with Crippen LogP contribution in [0.4, 0.5) is 0 Å². The van der Waals surface area contributed by atoms with Gasteiger partial charge in [-0.2, -0.15) is 0 Å². The van der Waals surface area contributed by atoms with Gasteiger partial charge in [0.05, 0.1) is 5.56 Å². The van der Waals surface area contributed by atoms with Gasteiger partial charge in [-0.05, 0) is 24.3 Å². The number of ether oxygens (including phenoxy) is 2. The third kappa shape index (κ3) is 2.74. The van der Waals surface area contributed by atoms with Crippen LogP contribution in [0.5, 0.6) is 11.5 Å². The molecule has 4 nitrogen and oxygen atoms in total. The average molecular weight is 281 g/mol. The highest BCUT2D eigenvalue weighted by Crippen LogP contribution is 2.29. The second-order valence-corrected chi connectivity index (χ2v) is 4.64. The smallest absolute Gasteiger partial charge is 0.258 e. The number of nitrogens with one attached hydrogen (secondary N) is 1. The Morgan fingerprint density at radius 3 is 2.95 bits per heavy atom. The molecular weight excluding hydrogens is 266 g/mol. The normalized spacial score (nSPS) is 16.4. The van der Waals surface area contributed by atoms with Crippen molar-refractivity contribution < 1.29 is 14.3 Å². The summed E-state index contributed by atoms with van der Waals surface area (Å²) in [5, 5.41) is 2.84.